The molecule has 0 radical (unpaired) electrons. The second-order valence-corrected chi connectivity index (χ2v) is 3.78. The van der Waals surface area contributed by atoms with Crippen LogP contribution in [0.2, 0.25) is 0 Å². The van der Waals surface area contributed by atoms with Gasteiger partial charge in [-0.2, -0.15) is 0 Å². The number of nitro groups is 1. The van der Waals surface area contributed by atoms with Gasteiger partial charge in [0.1, 0.15) is 5.75 Å². The lowest BCUT2D eigenvalue weighted by Gasteiger charge is -2.07. The van der Waals surface area contributed by atoms with E-state index < -0.39 is 4.92 Å². The molecule has 6 heteroatoms. The molecule has 1 amide bonds. The Morgan fingerprint density at radius 2 is 2.28 bits per heavy atom. The van der Waals surface area contributed by atoms with E-state index in [1.165, 1.54) is 18.2 Å². The summed E-state index contributed by atoms with van der Waals surface area (Å²) < 4.78 is 5.14. The van der Waals surface area contributed by atoms with Gasteiger partial charge in [0.25, 0.3) is 11.6 Å². The molecule has 1 aromatic carbocycles. The van der Waals surface area contributed by atoms with Crippen LogP contribution in [0.1, 0.15) is 6.92 Å². The first-order valence-corrected chi connectivity index (χ1v) is 5.27. The Kier molecular flexibility index (Phi) is 4.86. The topological polar surface area (TPSA) is 81.5 Å². The monoisotopic (exact) mass is 250 g/mol. The van der Waals surface area contributed by atoms with Gasteiger partial charge >= 0.3 is 0 Å². The van der Waals surface area contributed by atoms with Crippen LogP contribution >= 0.6 is 0 Å². The minimum absolute atomic E-state index is 0.0742. The van der Waals surface area contributed by atoms with Crippen molar-refractivity contribution in [2.45, 2.75) is 6.92 Å². The highest BCUT2D eigenvalue weighted by atomic mass is 16.6. The zero-order valence-electron chi connectivity index (χ0n) is 10.0. The van der Waals surface area contributed by atoms with E-state index in [-0.39, 0.29) is 24.0 Å². The van der Waals surface area contributed by atoms with Gasteiger partial charge in [-0.15, -0.1) is 0 Å². The van der Waals surface area contributed by atoms with Crippen LogP contribution in [0.4, 0.5) is 5.69 Å². The molecule has 0 aliphatic rings. The lowest BCUT2D eigenvalue weighted by molar-refractivity contribution is -0.384. The summed E-state index contributed by atoms with van der Waals surface area (Å²) in [5.41, 5.74) is 0.758. The number of benzene rings is 1. The molecule has 0 atom stereocenters. The second-order valence-electron chi connectivity index (χ2n) is 3.78. The Balaban J connectivity index is 2.48. The third-order valence-electron chi connectivity index (χ3n) is 1.99. The van der Waals surface area contributed by atoms with Crippen molar-refractivity contribution in [3.8, 4) is 5.75 Å². The average Bonchev–Trinajstić information content (AvgIpc) is 2.34. The minimum Gasteiger partial charge on any atom is -0.484 e. The van der Waals surface area contributed by atoms with Crippen molar-refractivity contribution in [1.82, 2.24) is 5.32 Å². The molecule has 0 aliphatic heterocycles. The number of hydrogen-bond donors (Lipinski definition) is 1. The molecule has 0 fully saturated rings. The maximum Gasteiger partial charge on any atom is 0.273 e. The van der Waals surface area contributed by atoms with Crippen LogP contribution in [0.25, 0.3) is 0 Å². The Bertz CT molecular complexity index is 471. The van der Waals surface area contributed by atoms with Crippen molar-refractivity contribution in [3.05, 3.63) is 46.5 Å². The van der Waals surface area contributed by atoms with E-state index in [0.29, 0.717) is 6.54 Å². The zero-order valence-corrected chi connectivity index (χ0v) is 10.0. The normalized spacial score (nSPS) is 9.61. The highest BCUT2D eigenvalue weighted by Crippen LogP contribution is 2.18. The first-order chi connectivity index (χ1) is 8.49. The first kappa shape index (κ1) is 13.7. The van der Waals surface area contributed by atoms with Crippen LogP contribution in [0, 0.1) is 10.1 Å². The number of amides is 1. The van der Waals surface area contributed by atoms with Gasteiger partial charge in [0.05, 0.1) is 11.0 Å². The molecule has 1 aromatic rings. The molecule has 6 nitrogen and oxygen atoms in total. The Labute approximate surface area is 104 Å². The van der Waals surface area contributed by atoms with E-state index >= 15 is 0 Å². The van der Waals surface area contributed by atoms with Gasteiger partial charge in [-0.05, 0) is 13.0 Å². The summed E-state index contributed by atoms with van der Waals surface area (Å²) in [6.45, 7) is 5.64. The summed E-state index contributed by atoms with van der Waals surface area (Å²) in [6, 6.07) is 5.68. The van der Waals surface area contributed by atoms with Gasteiger partial charge in [-0.3, -0.25) is 14.9 Å². The van der Waals surface area contributed by atoms with E-state index in [1.54, 1.807) is 13.0 Å². The lowest BCUT2D eigenvalue weighted by Crippen LogP contribution is -2.29. The number of non-ortho nitro benzene ring substituents is 1. The molecule has 0 unspecified atom stereocenters. The number of nitrogens with zero attached hydrogens (tertiary/aromatic N) is 1. The van der Waals surface area contributed by atoms with E-state index in [4.69, 9.17) is 4.74 Å². The Morgan fingerprint density at radius 3 is 2.89 bits per heavy atom. The van der Waals surface area contributed by atoms with Gasteiger partial charge in [-0.1, -0.05) is 18.2 Å². The van der Waals surface area contributed by atoms with E-state index in [2.05, 4.69) is 11.9 Å². The van der Waals surface area contributed by atoms with Gasteiger partial charge in [0, 0.05) is 12.6 Å². The number of ether oxygens (including phenoxy) is 1. The molecule has 0 bridgehead atoms. The third-order valence-corrected chi connectivity index (χ3v) is 1.99. The molecule has 1 N–H and O–H groups in total. The summed E-state index contributed by atoms with van der Waals surface area (Å²) in [5.74, 6) is -0.0146. The van der Waals surface area contributed by atoms with Crippen LogP contribution < -0.4 is 10.1 Å². The van der Waals surface area contributed by atoms with Gasteiger partial charge < -0.3 is 10.1 Å². The smallest absolute Gasteiger partial charge is 0.273 e. The Morgan fingerprint density at radius 1 is 1.56 bits per heavy atom. The van der Waals surface area contributed by atoms with Gasteiger partial charge in [0.2, 0.25) is 0 Å². The number of rotatable bonds is 6. The highest BCUT2D eigenvalue weighted by Gasteiger charge is 2.07. The maximum atomic E-state index is 11.3. The van der Waals surface area contributed by atoms with E-state index in [0.717, 1.165) is 5.57 Å². The predicted molar refractivity (Wildman–Crippen MR) is 66.4 cm³/mol. The highest BCUT2D eigenvalue weighted by molar-refractivity contribution is 5.77. The quantitative estimate of drug-likeness (QED) is 0.473. The van der Waals surface area contributed by atoms with Crippen LogP contribution in [0.15, 0.2) is 36.4 Å². The third kappa shape index (κ3) is 4.65. The molecule has 0 spiro atoms. The van der Waals surface area contributed by atoms with Crippen molar-refractivity contribution in [2.75, 3.05) is 13.2 Å². The van der Waals surface area contributed by atoms with Crippen LogP contribution in [0.3, 0.4) is 0 Å². The fourth-order valence-corrected chi connectivity index (χ4v) is 1.14. The van der Waals surface area contributed by atoms with Gasteiger partial charge in [0.15, 0.2) is 6.61 Å². The molecule has 0 saturated heterocycles. The number of carbonyl (C=O) groups excluding carboxylic acids is 1. The molecule has 0 saturated carbocycles. The summed E-state index contributed by atoms with van der Waals surface area (Å²) in [7, 11) is 0. The molecule has 0 aliphatic carbocycles. The van der Waals surface area contributed by atoms with Crippen molar-refractivity contribution in [2.24, 2.45) is 0 Å². The number of nitro benzene ring substituents is 1. The van der Waals surface area contributed by atoms with Crippen LogP contribution in [0.5, 0.6) is 5.75 Å². The van der Waals surface area contributed by atoms with Crippen molar-refractivity contribution < 1.29 is 14.5 Å². The minimum atomic E-state index is -0.520. The summed E-state index contributed by atoms with van der Waals surface area (Å²) in [4.78, 5) is 21.3. The molecular formula is C12H14N2O4. The van der Waals surface area contributed by atoms with Crippen LogP contribution in [-0.4, -0.2) is 24.0 Å². The molecular weight excluding hydrogens is 236 g/mol. The van der Waals surface area contributed by atoms with E-state index in [1.807, 2.05) is 0 Å². The summed E-state index contributed by atoms with van der Waals surface area (Å²) in [5, 5.41) is 13.1. The van der Waals surface area contributed by atoms with E-state index in [9.17, 15) is 14.9 Å². The van der Waals surface area contributed by atoms with Crippen molar-refractivity contribution in [1.29, 1.82) is 0 Å². The standard InChI is InChI=1S/C12H14N2O4/c1-9(2)7-13-12(15)8-18-11-5-3-4-10(6-11)14(16)17/h3-6H,1,7-8H2,2H3,(H,13,15). The number of carbonyl (C=O) groups is 1. The Hall–Kier alpha value is -2.37. The molecule has 1 rings (SSSR count). The SMILES string of the molecule is C=C(C)CNC(=O)COc1cccc([N+](=O)[O-])c1. The fourth-order valence-electron chi connectivity index (χ4n) is 1.14. The first-order valence-electron chi connectivity index (χ1n) is 5.27. The molecule has 96 valence electrons. The predicted octanol–water partition coefficient (Wildman–Crippen LogP) is 1.67. The fraction of sp³-hybridized carbons (Fsp3) is 0.250. The largest absolute Gasteiger partial charge is 0.484 e. The van der Waals surface area contributed by atoms with Crippen LogP contribution in [-0.2, 0) is 4.79 Å². The number of hydrogen-bond acceptors (Lipinski definition) is 4. The summed E-state index contributed by atoms with van der Waals surface area (Å²) in [6.07, 6.45) is 0. The molecule has 0 aromatic heterocycles. The molecule has 18 heavy (non-hydrogen) atoms. The van der Waals surface area contributed by atoms with Gasteiger partial charge in [-0.25, -0.2) is 0 Å². The average molecular weight is 250 g/mol. The maximum absolute atomic E-state index is 11.3. The van der Waals surface area contributed by atoms with Crippen molar-refractivity contribution in [3.63, 3.8) is 0 Å². The molecule has 0 heterocycles. The number of nitrogens with one attached hydrogen (secondary N) is 1. The summed E-state index contributed by atoms with van der Waals surface area (Å²) >= 11 is 0. The zero-order chi connectivity index (χ0) is 13.5. The second kappa shape index (κ2) is 6.39. The lowest BCUT2D eigenvalue weighted by atomic mass is 10.3. The van der Waals surface area contributed by atoms with Crippen molar-refractivity contribution >= 4 is 11.6 Å².